The Bertz CT molecular complexity index is 261. The summed E-state index contributed by atoms with van der Waals surface area (Å²) in [7, 11) is 0. The highest BCUT2D eigenvalue weighted by Crippen LogP contribution is 2.42. The third-order valence-electron chi connectivity index (χ3n) is 2.75. The molecule has 0 radical (unpaired) electrons. The molecule has 1 aliphatic carbocycles. The SMILES string of the molecule is CC#CC(=O)N1CCCC2CC21. The zero-order valence-corrected chi connectivity index (χ0v) is 7.34. The van der Waals surface area contributed by atoms with E-state index in [0.29, 0.717) is 6.04 Å². The zero-order chi connectivity index (χ0) is 8.55. The van der Waals surface area contributed by atoms with Gasteiger partial charge in [-0.3, -0.25) is 4.79 Å². The number of rotatable bonds is 0. The van der Waals surface area contributed by atoms with Crippen LogP contribution < -0.4 is 0 Å². The monoisotopic (exact) mass is 163 g/mol. The molecule has 1 aliphatic heterocycles. The van der Waals surface area contributed by atoms with Crippen LogP contribution in [-0.4, -0.2) is 23.4 Å². The molecule has 2 rings (SSSR count). The first-order valence-electron chi connectivity index (χ1n) is 4.56. The molecule has 0 bridgehead atoms. The van der Waals surface area contributed by atoms with Gasteiger partial charge in [0.05, 0.1) is 0 Å². The number of carbonyl (C=O) groups is 1. The third-order valence-corrected chi connectivity index (χ3v) is 2.75. The summed E-state index contributed by atoms with van der Waals surface area (Å²) >= 11 is 0. The Kier molecular flexibility index (Phi) is 1.80. The summed E-state index contributed by atoms with van der Waals surface area (Å²) in [5.41, 5.74) is 0. The number of hydrogen-bond acceptors (Lipinski definition) is 1. The van der Waals surface area contributed by atoms with E-state index in [1.54, 1.807) is 6.92 Å². The van der Waals surface area contributed by atoms with Gasteiger partial charge in [-0.1, -0.05) is 5.92 Å². The molecule has 0 N–H and O–H groups in total. The molecule has 2 unspecified atom stereocenters. The molecular formula is C10H13NO. The maximum Gasteiger partial charge on any atom is 0.298 e. The van der Waals surface area contributed by atoms with E-state index in [0.717, 1.165) is 18.9 Å². The van der Waals surface area contributed by atoms with Crippen LogP contribution in [0, 0.1) is 17.8 Å². The topological polar surface area (TPSA) is 20.3 Å². The number of fused-ring (bicyclic) bond motifs is 1. The first kappa shape index (κ1) is 7.67. The molecule has 1 saturated heterocycles. The number of carbonyl (C=O) groups excluding carboxylic acids is 1. The molecule has 2 heteroatoms. The second-order valence-corrected chi connectivity index (χ2v) is 3.58. The van der Waals surface area contributed by atoms with Crippen LogP contribution in [0.25, 0.3) is 0 Å². The fraction of sp³-hybridized carbons (Fsp3) is 0.700. The summed E-state index contributed by atoms with van der Waals surface area (Å²) < 4.78 is 0. The lowest BCUT2D eigenvalue weighted by atomic mass is 10.1. The Morgan fingerprint density at radius 3 is 3.17 bits per heavy atom. The fourth-order valence-electron chi connectivity index (χ4n) is 2.04. The lowest BCUT2D eigenvalue weighted by Crippen LogP contribution is -2.36. The van der Waals surface area contributed by atoms with Gasteiger partial charge in [0, 0.05) is 12.6 Å². The van der Waals surface area contributed by atoms with Gasteiger partial charge in [-0.05, 0) is 38.0 Å². The quantitative estimate of drug-likeness (QED) is 0.488. The van der Waals surface area contributed by atoms with Crippen molar-refractivity contribution in [1.82, 2.24) is 4.90 Å². The van der Waals surface area contributed by atoms with E-state index < -0.39 is 0 Å². The van der Waals surface area contributed by atoms with E-state index in [-0.39, 0.29) is 5.91 Å². The molecule has 1 heterocycles. The van der Waals surface area contributed by atoms with Crippen molar-refractivity contribution in [2.45, 2.75) is 32.2 Å². The van der Waals surface area contributed by atoms with Gasteiger partial charge in [-0.2, -0.15) is 0 Å². The molecule has 64 valence electrons. The minimum atomic E-state index is 0.0321. The maximum atomic E-state index is 11.4. The van der Waals surface area contributed by atoms with Gasteiger partial charge in [-0.15, -0.1) is 0 Å². The largest absolute Gasteiger partial charge is 0.329 e. The summed E-state index contributed by atoms with van der Waals surface area (Å²) in [6.07, 6.45) is 3.70. The summed E-state index contributed by atoms with van der Waals surface area (Å²) in [5, 5.41) is 0. The first-order valence-corrected chi connectivity index (χ1v) is 4.56. The summed E-state index contributed by atoms with van der Waals surface area (Å²) in [5.74, 6) is 6.11. The Labute approximate surface area is 72.9 Å². The molecule has 0 aromatic carbocycles. The van der Waals surface area contributed by atoms with Crippen molar-refractivity contribution in [3.63, 3.8) is 0 Å². The van der Waals surface area contributed by atoms with Gasteiger partial charge in [0.15, 0.2) is 0 Å². The molecule has 2 aliphatic rings. The molecule has 12 heavy (non-hydrogen) atoms. The van der Waals surface area contributed by atoms with Crippen molar-refractivity contribution in [3.05, 3.63) is 0 Å². The van der Waals surface area contributed by atoms with Crippen molar-refractivity contribution in [1.29, 1.82) is 0 Å². The molecule has 1 saturated carbocycles. The highest BCUT2D eigenvalue weighted by molar-refractivity contribution is 5.94. The highest BCUT2D eigenvalue weighted by atomic mass is 16.2. The second kappa shape index (κ2) is 2.82. The van der Waals surface area contributed by atoms with Crippen molar-refractivity contribution in [3.8, 4) is 11.8 Å². The Balaban J connectivity index is 2.01. The molecule has 0 spiro atoms. The Hall–Kier alpha value is -0.970. The van der Waals surface area contributed by atoms with Crippen LogP contribution in [0.5, 0.6) is 0 Å². The van der Waals surface area contributed by atoms with Crippen molar-refractivity contribution in [2.75, 3.05) is 6.54 Å². The van der Waals surface area contributed by atoms with Crippen LogP contribution in [0.2, 0.25) is 0 Å². The lowest BCUT2D eigenvalue weighted by Gasteiger charge is -2.24. The predicted octanol–water partition coefficient (Wildman–Crippen LogP) is 1.02. The lowest BCUT2D eigenvalue weighted by molar-refractivity contribution is -0.126. The van der Waals surface area contributed by atoms with Gasteiger partial charge in [-0.25, -0.2) is 0 Å². The van der Waals surface area contributed by atoms with Crippen LogP contribution in [0.1, 0.15) is 26.2 Å². The predicted molar refractivity (Wildman–Crippen MR) is 46.3 cm³/mol. The molecular weight excluding hydrogens is 150 g/mol. The minimum Gasteiger partial charge on any atom is -0.329 e. The van der Waals surface area contributed by atoms with Gasteiger partial charge in [0.1, 0.15) is 0 Å². The number of likely N-dealkylation sites (tertiary alicyclic amines) is 1. The standard InChI is InChI=1S/C10H13NO/c1-2-4-10(12)11-6-3-5-8-7-9(8)11/h8-9H,3,5-7H2,1H3. The minimum absolute atomic E-state index is 0.0321. The van der Waals surface area contributed by atoms with Crippen LogP contribution >= 0.6 is 0 Å². The van der Waals surface area contributed by atoms with Crippen LogP contribution in [-0.2, 0) is 4.79 Å². The number of hydrogen-bond donors (Lipinski definition) is 0. The fourth-order valence-corrected chi connectivity index (χ4v) is 2.04. The van der Waals surface area contributed by atoms with Crippen LogP contribution in [0.15, 0.2) is 0 Å². The number of nitrogens with zero attached hydrogens (tertiary/aromatic N) is 1. The van der Waals surface area contributed by atoms with E-state index in [9.17, 15) is 4.79 Å². The smallest absolute Gasteiger partial charge is 0.298 e. The van der Waals surface area contributed by atoms with E-state index in [4.69, 9.17) is 0 Å². The van der Waals surface area contributed by atoms with Crippen molar-refractivity contribution in [2.24, 2.45) is 5.92 Å². The van der Waals surface area contributed by atoms with Gasteiger partial charge in [0.2, 0.25) is 0 Å². The Morgan fingerprint density at radius 2 is 2.42 bits per heavy atom. The molecule has 1 amide bonds. The molecule has 2 nitrogen and oxygen atoms in total. The average molecular weight is 163 g/mol. The van der Waals surface area contributed by atoms with E-state index >= 15 is 0 Å². The van der Waals surface area contributed by atoms with E-state index in [1.807, 2.05) is 4.90 Å². The van der Waals surface area contributed by atoms with E-state index in [1.165, 1.54) is 12.8 Å². The number of amides is 1. The normalized spacial score (nSPS) is 31.6. The number of piperidine rings is 1. The average Bonchev–Trinajstić information content (AvgIpc) is 2.81. The maximum absolute atomic E-state index is 11.4. The van der Waals surface area contributed by atoms with Crippen molar-refractivity contribution < 1.29 is 4.79 Å². The molecule has 0 aromatic rings. The molecule has 2 atom stereocenters. The molecule has 0 aromatic heterocycles. The van der Waals surface area contributed by atoms with Gasteiger partial charge < -0.3 is 4.90 Å². The summed E-state index contributed by atoms with van der Waals surface area (Å²) in [6, 6.07) is 0.548. The molecule has 2 fully saturated rings. The van der Waals surface area contributed by atoms with Crippen LogP contribution in [0.4, 0.5) is 0 Å². The van der Waals surface area contributed by atoms with Gasteiger partial charge in [0.25, 0.3) is 5.91 Å². The second-order valence-electron chi connectivity index (χ2n) is 3.58. The van der Waals surface area contributed by atoms with Crippen molar-refractivity contribution >= 4 is 5.91 Å². The summed E-state index contributed by atoms with van der Waals surface area (Å²) in [4.78, 5) is 13.3. The highest BCUT2D eigenvalue weighted by Gasteiger charge is 2.45. The Morgan fingerprint density at radius 1 is 1.58 bits per heavy atom. The van der Waals surface area contributed by atoms with Crippen LogP contribution in [0.3, 0.4) is 0 Å². The zero-order valence-electron chi connectivity index (χ0n) is 7.34. The third kappa shape index (κ3) is 1.20. The van der Waals surface area contributed by atoms with E-state index in [2.05, 4.69) is 11.8 Å². The van der Waals surface area contributed by atoms with Gasteiger partial charge >= 0.3 is 0 Å². The first-order chi connectivity index (χ1) is 5.83. The summed E-state index contributed by atoms with van der Waals surface area (Å²) in [6.45, 7) is 2.64.